The Balaban J connectivity index is 3.22. The van der Waals surface area contributed by atoms with Gasteiger partial charge < -0.3 is 5.11 Å². The van der Waals surface area contributed by atoms with Crippen LogP contribution in [0, 0.1) is 0 Å². The summed E-state index contributed by atoms with van der Waals surface area (Å²) in [7, 11) is 0. The topological polar surface area (TPSA) is 20.2 Å². The minimum absolute atomic E-state index is 0.105. The van der Waals surface area contributed by atoms with Crippen LogP contribution in [0.3, 0.4) is 0 Å². The Kier molecular flexibility index (Phi) is 6.24. The van der Waals surface area contributed by atoms with E-state index in [2.05, 4.69) is 13.5 Å². The van der Waals surface area contributed by atoms with E-state index < -0.39 is 0 Å². The van der Waals surface area contributed by atoms with Crippen LogP contribution in [0.25, 0.3) is 0 Å². The molecule has 11 heavy (non-hydrogen) atoms. The summed E-state index contributed by atoms with van der Waals surface area (Å²) in [6.45, 7) is 7.95. The number of unbranched alkanes of at least 4 members (excludes halogenated alkanes) is 1. The van der Waals surface area contributed by atoms with E-state index in [1.807, 2.05) is 6.92 Å². The van der Waals surface area contributed by atoms with Crippen LogP contribution in [0.15, 0.2) is 12.2 Å². The van der Waals surface area contributed by atoms with Crippen LogP contribution in [-0.4, -0.2) is 11.2 Å². The molecule has 66 valence electrons. The molecule has 0 saturated carbocycles. The van der Waals surface area contributed by atoms with Crippen molar-refractivity contribution in [3.05, 3.63) is 12.2 Å². The zero-order valence-electron chi connectivity index (χ0n) is 7.77. The Labute approximate surface area is 70.1 Å². The van der Waals surface area contributed by atoms with E-state index in [1.54, 1.807) is 0 Å². The molecule has 0 aromatic rings. The minimum atomic E-state index is -0.105. The van der Waals surface area contributed by atoms with Crippen molar-refractivity contribution in [2.75, 3.05) is 0 Å². The van der Waals surface area contributed by atoms with Crippen molar-refractivity contribution in [3.8, 4) is 0 Å². The molecule has 0 heterocycles. The summed E-state index contributed by atoms with van der Waals surface area (Å²) in [5.74, 6) is 0. The molecular formula is C10H20O. The van der Waals surface area contributed by atoms with Gasteiger partial charge >= 0.3 is 0 Å². The number of hydrogen-bond acceptors (Lipinski definition) is 1. The van der Waals surface area contributed by atoms with Crippen molar-refractivity contribution in [2.45, 2.75) is 52.1 Å². The van der Waals surface area contributed by atoms with Gasteiger partial charge in [-0.15, -0.1) is 6.58 Å². The number of hydrogen-bond donors (Lipinski definition) is 1. The Hall–Kier alpha value is -0.300. The SMILES string of the molecule is C=C(C)CCC(O)CCCC. The molecule has 1 N–H and O–H groups in total. The summed E-state index contributed by atoms with van der Waals surface area (Å²) in [6, 6.07) is 0. The van der Waals surface area contributed by atoms with E-state index in [0.29, 0.717) is 0 Å². The molecule has 1 heteroatoms. The molecule has 0 aliphatic carbocycles. The third-order valence-electron chi connectivity index (χ3n) is 1.80. The molecule has 1 atom stereocenters. The van der Waals surface area contributed by atoms with Gasteiger partial charge in [-0.05, 0) is 26.2 Å². The molecule has 0 amide bonds. The Morgan fingerprint density at radius 3 is 2.55 bits per heavy atom. The Morgan fingerprint density at radius 2 is 2.09 bits per heavy atom. The van der Waals surface area contributed by atoms with Crippen LogP contribution in [0.4, 0.5) is 0 Å². The van der Waals surface area contributed by atoms with Gasteiger partial charge in [-0.2, -0.15) is 0 Å². The van der Waals surface area contributed by atoms with Crippen LogP contribution in [0.1, 0.15) is 46.0 Å². The highest BCUT2D eigenvalue weighted by Crippen LogP contribution is 2.09. The van der Waals surface area contributed by atoms with Crippen LogP contribution in [0.5, 0.6) is 0 Å². The molecule has 1 unspecified atom stereocenters. The van der Waals surface area contributed by atoms with E-state index in [4.69, 9.17) is 0 Å². The van der Waals surface area contributed by atoms with Crippen LogP contribution < -0.4 is 0 Å². The van der Waals surface area contributed by atoms with Crippen LogP contribution in [0.2, 0.25) is 0 Å². The van der Waals surface area contributed by atoms with E-state index in [-0.39, 0.29) is 6.10 Å². The first-order valence-corrected chi connectivity index (χ1v) is 4.49. The lowest BCUT2D eigenvalue weighted by Crippen LogP contribution is -2.05. The van der Waals surface area contributed by atoms with Crippen molar-refractivity contribution in [3.63, 3.8) is 0 Å². The minimum Gasteiger partial charge on any atom is -0.393 e. The van der Waals surface area contributed by atoms with Crippen molar-refractivity contribution in [2.24, 2.45) is 0 Å². The first kappa shape index (κ1) is 10.7. The standard InChI is InChI=1S/C10H20O/c1-4-5-6-10(11)8-7-9(2)3/h10-11H,2,4-8H2,1,3H3. The summed E-state index contributed by atoms with van der Waals surface area (Å²) < 4.78 is 0. The average Bonchev–Trinajstić information content (AvgIpc) is 1.97. The maximum absolute atomic E-state index is 9.39. The molecule has 0 radical (unpaired) electrons. The van der Waals surface area contributed by atoms with Gasteiger partial charge in [0.05, 0.1) is 6.10 Å². The normalized spacial score (nSPS) is 13.0. The highest BCUT2D eigenvalue weighted by molar-refractivity contribution is 4.88. The number of allylic oxidation sites excluding steroid dienone is 1. The van der Waals surface area contributed by atoms with E-state index >= 15 is 0 Å². The van der Waals surface area contributed by atoms with Crippen molar-refractivity contribution < 1.29 is 5.11 Å². The second-order valence-corrected chi connectivity index (χ2v) is 3.29. The summed E-state index contributed by atoms with van der Waals surface area (Å²) in [5.41, 5.74) is 1.17. The number of rotatable bonds is 6. The highest BCUT2D eigenvalue weighted by atomic mass is 16.3. The van der Waals surface area contributed by atoms with E-state index in [1.165, 1.54) is 12.0 Å². The summed E-state index contributed by atoms with van der Waals surface area (Å²) >= 11 is 0. The predicted octanol–water partition coefficient (Wildman–Crippen LogP) is 2.89. The Morgan fingerprint density at radius 1 is 1.45 bits per heavy atom. The monoisotopic (exact) mass is 156 g/mol. The molecule has 0 saturated heterocycles. The van der Waals surface area contributed by atoms with Gasteiger partial charge in [-0.1, -0.05) is 25.3 Å². The van der Waals surface area contributed by atoms with E-state index in [0.717, 1.165) is 25.7 Å². The fraction of sp³-hybridized carbons (Fsp3) is 0.800. The van der Waals surface area contributed by atoms with Gasteiger partial charge in [-0.3, -0.25) is 0 Å². The molecule has 0 aromatic heterocycles. The zero-order chi connectivity index (χ0) is 8.69. The molecule has 1 nitrogen and oxygen atoms in total. The van der Waals surface area contributed by atoms with Crippen molar-refractivity contribution >= 4 is 0 Å². The molecule has 0 spiro atoms. The molecule has 0 fully saturated rings. The fourth-order valence-electron chi connectivity index (χ4n) is 0.997. The molecule has 0 aromatic carbocycles. The van der Waals surface area contributed by atoms with Gasteiger partial charge in [0.25, 0.3) is 0 Å². The summed E-state index contributed by atoms with van der Waals surface area (Å²) in [4.78, 5) is 0. The molecule has 0 bridgehead atoms. The molecular weight excluding hydrogens is 136 g/mol. The first-order chi connectivity index (χ1) is 5.16. The van der Waals surface area contributed by atoms with Gasteiger partial charge in [-0.25, -0.2) is 0 Å². The smallest absolute Gasteiger partial charge is 0.0543 e. The predicted molar refractivity (Wildman–Crippen MR) is 49.6 cm³/mol. The van der Waals surface area contributed by atoms with Crippen LogP contribution in [-0.2, 0) is 0 Å². The zero-order valence-corrected chi connectivity index (χ0v) is 7.77. The summed E-state index contributed by atoms with van der Waals surface area (Å²) in [6.07, 6.45) is 5.00. The van der Waals surface area contributed by atoms with Crippen molar-refractivity contribution in [1.29, 1.82) is 0 Å². The van der Waals surface area contributed by atoms with Crippen molar-refractivity contribution in [1.82, 2.24) is 0 Å². The third-order valence-corrected chi connectivity index (χ3v) is 1.80. The maximum atomic E-state index is 9.39. The van der Waals surface area contributed by atoms with E-state index in [9.17, 15) is 5.11 Å². The van der Waals surface area contributed by atoms with Gasteiger partial charge in [0.1, 0.15) is 0 Å². The third kappa shape index (κ3) is 7.60. The highest BCUT2D eigenvalue weighted by Gasteiger charge is 2.01. The second kappa shape index (κ2) is 6.41. The fourth-order valence-corrected chi connectivity index (χ4v) is 0.997. The Bertz CT molecular complexity index is 107. The maximum Gasteiger partial charge on any atom is 0.0543 e. The van der Waals surface area contributed by atoms with Gasteiger partial charge in [0.15, 0.2) is 0 Å². The number of aliphatic hydroxyl groups is 1. The average molecular weight is 156 g/mol. The number of aliphatic hydroxyl groups excluding tert-OH is 1. The molecule has 0 rings (SSSR count). The van der Waals surface area contributed by atoms with Crippen LogP contribution >= 0.6 is 0 Å². The molecule has 0 aliphatic rings. The lowest BCUT2D eigenvalue weighted by atomic mass is 10.1. The second-order valence-electron chi connectivity index (χ2n) is 3.29. The lowest BCUT2D eigenvalue weighted by Gasteiger charge is -2.08. The quantitative estimate of drug-likeness (QED) is 0.586. The summed E-state index contributed by atoms with van der Waals surface area (Å²) in [5, 5.41) is 9.39. The largest absolute Gasteiger partial charge is 0.393 e. The lowest BCUT2D eigenvalue weighted by molar-refractivity contribution is 0.152. The molecule has 0 aliphatic heterocycles. The first-order valence-electron chi connectivity index (χ1n) is 4.49. The van der Waals surface area contributed by atoms with Gasteiger partial charge in [0, 0.05) is 0 Å². The van der Waals surface area contributed by atoms with Gasteiger partial charge in [0.2, 0.25) is 0 Å².